The molecule has 2 aromatic heterocycles. The van der Waals surface area contributed by atoms with Crippen molar-refractivity contribution in [2.24, 2.45) is 5.73 Å². The van der Waals surface area contributed by atoms with E-state index in [0.29, 0.717) is 16.1 Å². The molecule has 232 valence electrons. The third-order valence-electron chi connectivity index (χ3n) is 7.76. The van der Waals surface area contributed by atoms with Gasteiger partial charge in [-0.3, -0.25) is 4.90 Å². The zero-order valence-corrected chi connectivity index (χ0v) is 24.2. The number of ether oxygens (including phenoxy) is 2. The predicted octanol–water partition coefficient (Wildman–Crippen LogP) is 3.52. The second-order valence-electron chi connectivity index (χ2n) is 10.4. The maximum atomic E-state index is 14.9. The summed E-state index contributed by atoms with van der Waals surface area (Å²) in [5, 5.41) is 33.6. The average Bonchev–Trinajstić information content (AvgIpc) is 3.55. The summed E-state index contributed by atoms with van der Waals surface area (Å²) in [6.07, 6.45) is -4.11. The number of thiophene rings is 1. The first-order chi connectivity index (χ1) is 20.3. The SMILES string of the molecule is Cc1nn(-c2c(F)cccc2CN)cc1C(O[C@@H](C(=O)O)[C@@H](O)C(=O)O)N1CCC2(CC1)OCC(F)(F)c1cc(Cl)sc12. The van der Waals surface area contributed by atoms with Crippen molar-refractivity contribution in [1.29, 1.82) is 0 Å². The number of hydrogen-bond donors (Lipinski definition) is 4. The molecule has 11 nitrogen and oxygen atoms in total. The summed E-state index contributed by atoms with van der Waals surface area (Å²) in [5.74, 6) is -7.37. The third-order valence-corrected chi connectivity index (χ3v) is 9.21. The van der Waals surface area contributed by atoms with Crippen molar-refractivity contribution >= 4 is 34.9 Å². The summed E-state index contributed by atoms with van der Waals surface area (Å²) in [4.78, 5) is 25.5. The van der Waals surface area contributed by atoms with Crippen LogP contribution in [0.5, 0.6) is 0 Å². The van der Waals surface area contributed by atoms with Gasteiger partial charge in [0.2, 0.25) is 0 Å². The number of piperidine rings is 1. The lowest BCUT2D eigenvalue weighted by molar-refractivity contribution is -0.206. The maximum Gasteiger partial charge on any atom is 0.336 e. The van der Waals surface area contributed by atoms with Crippen molar-refractivity contribution in [2.75, 3.05) is 19.7 Å². The predicted molar refractivity (Wildman–Crippen MR) is 147 cm³/mol. The van der Waals surface area contributed by atoms with Crippen LogP contribution < -0.4 is 5.73 Å². The molecule has 0 bridgehead atoms. The number of alkyl halides is 2. The lowest BCUT2D eigenvalue weighted by atomic mass is 9.84. The second kappa shape index (κ2) is 11.8. The van der Waals surface area contributed by atoms with Crippen LogP contribution in [0.3, 0.4) is 0 Å². The van der Waals surface area contributed by atoms with E-state index in [1.807, 2.05) is 0 Å². The molecule has 0 radical (unpaired) electrons. The molecule has 1 unspecified atom stereocenters. The Kier molecular flexibility index (Phi) is 8.61. The van der Waals surface area contributed by atoms with Gasteiger partial charge in [0.1, 0.15) is 29.9 Å². The number of hydrogen-bond acceptors (Lipinski definition) is 9. The number of aryl methyl sites for hydroxylation is 1. The van der Waals surface area contributed by atoms with Gasteiger partial charge in [-0.15, -0.1) is 11.3 Å². The average molecular weight is 645 g/mol. The zero-order valence-electron chi connectivity index (χ0n) is 22.7. The number of aliphatic carboxylic acids is 2. The van der Waals surface area contributed by atoms with E-state index < -0.39 is 54.3 Å². The molecule has 1 fully saturated rings. The second-order valence-corrected chi connectivity index (χ2v) is 12.1. The minimum Gasteiger partial charge on any atom is -0.479 e. The molecule has 1 spiro atoms. The van der Waals surface area contributed by atoms with Crippen LogP contribution in [-0.4, -0.2) is 73.8 Å². The molecule has 4 heterocycles. The van der Waals surface area contributed by atoms with Crippen molar-refractivity contribution < 1.29 is 47.6 Å². The minimum absolute atomic E-state index is 0.00483. The number of halogens is 4. The van der Waals surface area contributed by atoms with Gasteiger partial charge in [0.25, 0.3) is 5.92 Å². The van der Waals surface area contributed by atoms with E-state index in [1.54, 1.807) is 17.9 Å². The van der Waals surface area contributed by atoms with E-state index in [1.165, 1.54) is 29.1 Å². The fraction of sp³-hybridized carbons (Fsp3) is 0.444. The van der Waals surface area contributed by atoms with Crippen molar-refractivity contribution in [3.05, 3.63) is 67.9 Å². The standard InChI is InChI=1S/C27H28ClF3N4O7S/c1-13-15(11-35(33-13)19-14(10-32)3-2-4-17(19)29)23(42-21(25(39)40)20(36)24(37)38)34-7-5-26(6-8-34)22-16(9-18(28)43-22)27(30,31)12-41-26/h2-4,9,11,20-21,23,36H,5-8,10,12,32H2,1H3,(H,37,38)(H,39,40)/t20-,21-,23?/m1/s1. The number of carboxylic acid groups (broad SMARTS) is 2. The Morgan fingerprint density at radius 3 is 2.58 bits per heavy atom. The topological polar surface area (TPSA) is 160 Å². The molecule has 5 rings (SSSR count). The van der Waals surface area contributed by atoms with Gasteiger partial charge in [-0.1, -0.05) is 23.7 Å². The molecule has 0 aliphatic carbocycles. The molecule has 43 heavy (non-hydrogen) atoms. The Bertz CT molecular complexity index is 1540. The normalized spacial score (nSPS) is 20.0. The fourth-order valence-electron chi connectivity index (χ4n) is 5.54. The molecular formula is C27H28ClF3N4O7S. The highest BCUT2D eigenvalue weighted by molar-refractivity contribution is 7.16. The molecule has 1 saturated heterocycles. The lowest BCUT2D eigenvalue weighted by Crippen LogP contribution is -2.51. The Hall–Kier alpha value is -3.05. The number of aromatic nitrogens is 2. The Balaban J connectivity index is 1.52. The summed E-state index contributed by atoms with van der Waals surface area (Å²) in [7, 11) is 0. The Labute approximate surface area is 252 Å². The largest absolute Gasteiger partial charge is 0.479 e. The molecule has 0 amide bonds. The van der Waals surface area contributed by atoms with Gasteiger partial charge in [0.05, 0.1) is 10.0 Å². The molecule has 5 N–H and O–H groups in total. The van der Waals surface area contributed by atoms with Gasteiger partial charge < -0.3 is 30.5 Å². The number of carboxylic acids is 2. The van der Waals surface area contributed by atoms with E-state index >= 15 is 0 Å². The number of nitrogens with zero attached hydrogens (tertiary/aromatic N) is 3. The van der Waals surface area contributed by atoms with Crippen LogP contribution in [-0.2, 0) is 37.1 Å². The number of nitrogens with two attached hydrogens (primary N) is 1. The number of carbonyl (C=O) groups is 2. The highest BCUT2D eigenvalue weighted by atomic mass is 35.5. The van der Waals surface area contributed by atoms with E-state index in [-0.39, 0.29) is 53.6 Å². The number of likely N-dealkylation sites (tertiary alicyclic amines) is 1. The number of aliphatic hydroxyl groups is 1. The highest BCUT2D eigenvalue weighted by Gasteiger charge is 2.52. The van der Waals surface area contributed by atoms with Crippen LogP contribution in [0, 0.1) is 12.7 Å². The smallest absolute Gasteiger partial charge is 0.336 e. The Morgan fingerprint density at radius 2 is 1.95 bits per heavy atom. The van der Waals surface area contributed by atoms with Gasteiger partial charge in [-0.05, 0) is 37.5 Å². The summed E-state index contributed by atoms with van der Waals surface area (Å²) in [6.45, 7) is 0.983. The highest BCUT2D eigenvalue weighted by Crippen LogP contribution is 2.53. The zero-order chi connectivity index (χ0) is 31.3. The van der Waals surface area contributed by atoms with Crippen molar-refractivity contribution in [3.63, 3.8) is 0 Å². The summed E-state index contributed by atoms with van der Waals surface area (Å²) in [5.41, 5.74) is 5.60. The molecule has 2 aliphatic rings. The van der Waals surface area contributed by atoms with Crippen LogP contribution in [0.1, 0.15) is 46.3 Å². The number of benzene rings is 1. The van der Waals surface area contributed by atoms with Gasteiger partial charge >= 0.3 is 11.9 Å². The van der Waals surface area contributed by atoms with E-state index in [4.69, 9.17) is 26.8 Å². The van der Waals surface area contributed by atoms with Gasteiger partial charge in [0.15, 0.2) is 12.2 Å². The quantitative estimate of drug-likeness (QED) is 0.271. The summed E-state index contributed by atoms with van der Waals surface area (Å²) in [6, 6.07) is 5.58. The van der Waals surface area contributed by atoms with E-state index in [0.717, 1.165) is 11.3 Å². The molecule has 3 atom stereocenters. The molecule has 1 aromatic carbocycles. The third kappa shape index (κ3) is 5.78. The molecule has 16 heteroatoms. The molecule has 3 aromatic rings. The lowest BCUT2D eigenvalue weighted by Gasteiger charge is -2.47. The fourth-order valence-corrected chi connectivity index (χ4v) is 7.02. The first kappa shape index (κ1) is 31.4. The van der Waals surface area contributed by atoms with Gasteiger partial charge in [-0.25, -0.2) is 18.7 Å². The van der Waals surface area contributed by atoms with Crippen LogP contribution in [0.25, 0.3) is 5.69 Å². The van der Waals surface area contributed by atoms with Crippen LogP contribution in [0.4, 0.5) is 13.2 Å². The molecular weight excluding hydrogens is 617 g/mol. The van der Waals surface area contributed by atoms with E-state index in [9.17, 15) is 38.1 Å². The molecule has 0 saturated carbocycles. The van der Waals surface area contributed by atoms with Gasteiger partial charge in [0, 0.05) is 41.8 Å². The summed E-state index contributed by atoms with van der Waals surface area (Å²) < 4.78 is 57.1. The Morgan fingerprint density at radius 1 is 1.26 bits per heavy atom. The minimum atomic E-state index is -3.21. The van der Waals surface area contributed by atoms with Crippen molar-refractivity contribution in [3.8, 4) is 5.69 Å². The van der Waals surface area contributed by atoms with Gasteiger partial charge in [-0.2, -0.15) is 13.9 Å². The van der Waals surface area contributed by atoms with Crippen molar-refractivity contribution in [2.45, 2.75) is 56.3 Å². The number of fused-ring (bicyclic) bond motifs is 2. The maximum absolute atomic E-state index is 14.9. The van der Waals surface area contributed by atoms with Crippen LogP contribution in [0.2, 0.25) is 4.34 Å². The van der Waals surface area contributed by atoms with Crippen LogP contribution in [0.15, 0.2) is 30.5 Å². The monoisotopic (exact) mass is 644 g/mol. The number of aliphatic hydroxyl groups excluding tert-OH is 1. The number of rotatable bonds is 9. The molecule has 2 aliphatic heterocycles. The summed E-state index contributed by atoms with van der Waals surface area (Å²) >= 11 is 7.12. The first-order valence-corrected chi connectivity index (χ1v) is 14.4. The number of para-hydroxylation sites is 1. The van der Waals surface area contributed by atoms with Crippen molar-refractivity contribution in [1.82, 2.24) is 14.7 Å². The first-order valence-electron chi connectivity index (χ1n) is 13.2. The van der Waals surface area contributed by atoms with E-state index in [2.05, 4.69) is 5.10 Å². The van der Waals surface area contributed by atoms with Crippen LogP contribution >= 0.6 is 22.9 Å².